The Morgan fingerprint density at radius 1 is 0.312 bits per heavy atom. The largest absolute Gasteiger partial charge is 0.534 e. The average molecular weight is 1470 g/mol. The summed E-state index contributed by atoms with van der Waals surface area (Å²) in [5.74, 6) is -0.399. The molecule has 0 bridgehead atoms. The summed E-state index contributed by atoms with van der Waals surface area (Å²) in [6, 6.07) is 89.8. The Kier molecular flexibility index (Phi) is 18.6. The molecule has 3 saturated heterocycles. The Labute approximate surface area is 640 Å². The van der Waals surface area contributed by atoms with Crippen LogP contribution in [0.25, 0.3) is 66.1 Å². The molecule has 0 radical (unpaired) electrons. The Bertz CT molecular complexity index is 5470. The minimum absolute atomic E-state index is 0.360. The molecular formula is C93H90B3F3O9S. The number of fused-ring (bicyclic) bond motifs is 8. The Morgan fingerprint density at radius 2 is 0.606 bits per heavy atom. The highest BCUT2D eigenvalue weighted by atomic mass is 32.2. The first-order valence-corrected chi connectivity index (χ1v) is 38.8. The highest BCUT2D eigenvalue weighted by Gasteiger charge is 2.64. The molecule has 17 rings (SSSR count). The van der Waals surface area contributed by atoms with Crippen molar-refractivity contribution in [2.45, 2.75) is 161 Å². The van der Waals surface area contributed by atoms with Crippen molar-refractivity contribution in [3.05, 3.63) is 322 Å². The summed E-state index contributed by atoms with van der Waals surface area (Å²) >= 11 is 0. The van der Waals surface area contributed by atoms with Crippen LogP contribution in [0.4, 0.5) is 13.2 Å². The predicted octanol–water partition coefficient (Wildman–Crippen LogP) is 21.8. The van der Waals surface area contributed by atoms with Gasteiger partial charge in [0, 0.05) is 0 Å². The molecular weight excluding hydrogens is 1380 g/mol. The van der Waals surface area contributed by atoms with Crippen LogP contribution in [0.2, 0.25) is 0 Å². The molecule has 9 nitrogen and oxygen atoms in total. The third-order valence-corrected chi connectivity index (χ3v) is 25.1. The van der Waals surface area contributed by atoms with Gasteiger partial charge in [-0.2, -0.15) is 21.6 Å². The van der Waals surface area contributed by atoms with Gasteiger partial charge in [-0.1, -0.05) is 241 Å². The van der Waals surface area contributed by atoms with Gasteiger partial charge in [0.1, 0.15) is 5.75 Å². The molecule has 0 saturated carbocycles. The van der Waals surface area contributed by atoms with Crippen LogP contribution in [-0.4, -0.2) is 68.7 Å². The highest BCUT2D eigenvalue weighted by molar-refractivity contribution is 7.88. The minimum Gasteiger partial charge on any atom is -0.405 e. The second-order valence-electron chi connectivity index (χ2n) is 32.9. The Balaban J connectivity index is 0.000000142. The van der Waals surface area contributed by atoms with Crippen molar-refractivity contribution in [1.29, 1.82) is 0 Å². The van der Waals surface area contributed by atoms with Gasteiger partial charge in [-0.15, -0.1) is 0 Å². The van der Waals surface area contributed by atoms with E-state index in [0.29, 0.717) is 5.39 Å². The number of rotatable bonds is 10. The number of hydrogen-bond donors (Lipinski definition) is 0. The summed E-state index contributed by atoms with van der Waals surface area (Å²) in [5.41, 5.74) is 16.5. The fourth-order valence-electron chi connectivity index (χ4n) is 15.9. The molecule has 3 heterocycles. The monoisotopic (exact) mass is 1470 g/mol. The van der Waals surface area contributed by atoms with Gasteiger partial charge in [0.05, 0.1) is 44.4 Å². The molecule has 12 aromatic rings. The van der Waals surface area contributed by atoms with Crippen LogP contribution < -0.4 is 9.65 Å². The van der Waals surface area contributed by atoms with Crippen LogP contribution in [0, 0.1) is 27.7 Å². The van der Waals surface area contributed by atoms with Gasteiger partial charge in [0.25, 0.3) is 0 Å². The quantitative estimate of drug-likeness (QED) is 0.0753. The van der Waals surface area contributed by atoms with Crippen molar-refractivity contribution in [2.24, 2.45) is 0 Å². The lowest BCUT2D eigenvalue weighted by molar-refractivity contribution is -0.0500. The van der Waals surface area contributed by atoms with E-state index in [-0.39, 0.29) is 40.7 Å². The standard InChI is InChI=1S/C43H39BO2.C38H27F3O3S.C12H24B2O4/c1-28-11-19-34(20-12-28)43(35-21-13-29(2)14-22-35)39-10-8-7-9-37(39)38-24-18-33(27-40(38)43)30-15-16-32-26-36(23-17-31(32)25-30)44-45-41(3,4)42(5,6)46-44;1-24-7-15-30(16-8-24)37(31-17-9-25(2)10-18-31)35-6-4-3-5-33(35)34-20-14-29(23-36(34)37)26-11-12-28-22-32(19-13-27(28)21-26)44-45(42,43)38(39,40)41;1-9(2)10(3,4)16-13(15-9)14-17-11(5,6)12(7,8)18-14/h7-27H,1-6H3;3-23H,1-2H3;1-8H3. The molecule has 109 heavy (non-hydrogen) atoms. The molecule has 0 spiro atoms. The van der Waals surface area contributed by atoms with Gasteiger partial charge in [0.15, 0.2) is 0 Å². The van der Waals surface area contributed by atoms with Gasteiger partial charge >= 0.3 is 36.8 Å². The van der Waals surface area contributed by atoms with E-state index >= 15 is 0 Å². The summed E-state index contributed by atoms with van der Waals surface area (Å²) in [4.78, 5) is 0. The summed E-state index contributed by atoms with van der Waals surface area (Å²) in [7, 11) is -7.08. The molecule has 0 unspecified atom stereocenters. The molecule has 3 fully saturated rings. The lowest BCUT2D eigenvalue weighted by atomic mass is 9.49. The van der Waals surface area contributed by atoms with Crippen LogP contribution in [0.1, 0.15) is 150 Å². The first kappa shape index (κ1) is 75.1. The topological polar surface area (TPSA) is 98.8 Å². The smallest absolute Gasteiger partial charge is 0.405 e. The highest BCUT2D eigenvalue weighted by Crippen LogP contribution is 2.59. The van der Waals surface area contributed by atoms with Crippen molar-refractivity contribution in [1.82, 2.24) is 0 Å². The minimum atomic E-state index is -5.76. The molecule has 16 heteroatoms. The van der Waals surface area contributed by atoms with E-state index in [1.165, 1.54) is 112 Å². The molecule has 0 amide bonds. The van der Waals surface area contributed by atoms with Gasteiger partial charge in [0.2, 0.25) is 0 Å². The van der Waals surface area contributed by atoms with Gasteiger partial charge in [-0.3, -0.25) is 0 Å². The number of aryl methyl sites for hydroxylation is 4. The molecule has 2 aliphatic carbocycles. The number of benzene rings is 12. The van der Waals surface area contributed by atoms with Crippen molar-refractivity contribution in [2.75, 3.05) is 0 Å². The number of alkyl halides is 3. The third kappa shape index (κ3) is 13.1. The maximum Gasteiger partial charge on any atom is 0.534 e. The molecule has 12 aromatic carbocycles. The van der Waals surface area contributed by atoms with Crippen molar-refractivity contribution >= 4 is 58.3 Å². The van der Waals surface area contributed by atoms with E-state index in [9.17, 15) is 21.6 Å². The van der Waals surface area contributed by atoms with E-state index < -0.39 is 46.2 Å². The Morgan fingerprint density at radius 3 is 0.972 bits per heavy atom. The average Bonchev–Trinajstić information content (AvgIpc) is 1.55. The van der Waals surface area contributed by atoms with Crippen LogP contribution in [0.5, 0.6) is 5.75 Å². The van der Waals surface area contributed by atoms with E-state index in [0.717, 1.165) is 33.1 Å². The molecule has 0 N–H and O–H groups in total. The fourth-order valence-corrected chi connectivity index (χ4v) is 16.4. The summed E-state index contributed by atoms with van der Waals surface area (Å²) in [5, 5.41) is 3.66. The molecule has 3 aliphatic heterocycles. The molecule has 552 valence electrons. The lowest BCUT2D eigenvalue weighted by Crippen LogP contribution is -2.41. The predicted molar refractivity (Wildman–Crippen MR) is 436 cm³/mol. The Hall–Kier alpha value is -9.35. The second-order valence-corrected chi connectivity index (χ2v) is 34.5. The summed E-state index contributed by atoms with van der Waals surface area (Å²) < 4.78 is 102. The number of hydrogen-bond acceptors (Lipinski definition) is 9. The van der Waals surface area contributed by atoms with E-state index in [2.05, 4.69) is 278 Å². The summed E-state index contributed by atoms with van der Waals surface area (Å²) in [6.07, 6.45) is 0. The fraction of sp³-hybridized carbons (Fsp3) is 0.269. The van der Waals surface area contributed by atoms with Crippen molar-refractivity contribution in [3.8, 4) is 50.3 Å². The van der Waals surface area contributed by atoms with E-state index in [1.807, 2.05) is 67.5 Å². The lowest BCUT2D eigenvalue weighted by Gasteiger charge is -2.34. The third-order valence-electron chi connectivity index (χ3n) is 24.2. The normalized spacial score (nSPS) is 18.2. The molecule has 0 aromatic heterocycles. The van der Waals surface area contributed by atoms with E-state index in [4.69, 9.17) is 27.9 Å². The second kappa shape index (κ2) is 27.0. The SMILES string of the molecule is CC1(C)OB(B2OC(C)(C)C(C)(C)O2)OC1(C)C.Cc1ccc(C2(c3ccc(C)cc3)c3ccccc3-c3ccc(-c4ccc5cc(B6OC(C)(C)C(C)(C)O6)ccc5c4)cc32)cc1.Cc1ccc(C2(c3ccc(C)cc3)c3ccccc3-c3ccc(-c4ccc5cc(OS(=O)(=O)C(F)(F)F)ccc5c4)cc32)cc1. The first-order chi connectivity index (χ1) is 51.4. The summed E-state index contributed by atoms with van der Waals surface area (Å²) in [6.45, 7) is 33.1. The van der Waals surface area contributed by atoms with Gasteiger partial charge in [-0.05, 0) is 263 Å². The zero-order chi connectivity index (χ0) is 77.4. The zero-order valence-corrected chi connectivity index (χ0v) is 65.5. The molecule has 0 atom stereocenters. The van der Waals surface area contributed by atoms with Crippen molar-refractivity contribution in [3.63, 3.8) is 0 Å². The van der Waals surface area contributed by atoms with Gasteiger partial charge < -0.3 is 32.1 Å². The van der Waals surface area contributed by atoms with Crippen LogP contribution in [0.3, 0.4) is 0 Å². The number of halogens is 3. The first-order valence-electron chi connectivity index (χ1n) is 37.4. The van der Waals surface area contributed by atoms with Gasteiger partial charge in [-0.25, -0.2) is 0 Å². The van der Waals surface area contributed by atoms with Crippen LogP contribution >= 0.6 is 0 Å². The molecule has 5 aliphatic rings. The zero-order valence-electron chi connectivity index (χ0n) is 64.7. The van der Waals surface area contributed by atoms with Crippen molar-refractivity contribution < 1.29 is 53.7 Å². The maximum atomic E-state index is 12.8. The van der Waals surface area contributed by atoms with E-state index in [1.54, 1.807) is 12.1 Å². The maximum absolute atomic E-state index is 12.8. The van der Waals surface area contributed by atoms with Crippen LogP contribution in [0.15, 0.2) is 255 Å². The van der Waals surface area contributed by atoms with Crippen LogP contribution in [-0.2, 0) is 48.9 Å².